The van der Waals surface area contributed by atoms with Crippen LogP contribution in [0, 0.1) is 12.3 Å². The third-order valence-corrected chi connectivity index (χ3v) is 4.52. The predicted molar refractivity (Wildman–Crippen MR) is 77.5 cm³/mol. The number of hydrogen-bond donors (Lipinski definition) is 2. The summed E-state index contributed by atoms with van der Waals surface area (Å²) in [4.78, 5) is 8.09. The molecule has 0 radical (unpaired) electrons. The Balaban J connectivity index is 1.97. The van der Waals surface area contributed by atoms with Crippen molar-refractivity contribution in [3.05, 3.63) is 17.0 Å². The van der Waals surface area contributed by atoms with E-state index in [0.717, 1.165) is 31.2 Å². The highest BCUT2D eigenvalue weighted by molar-refractivity contribution is 6.30. The van der Waals surface area contributed by atoms with Gasteiger partial charge in [-0.3, -0.25) is 0 Å². The zero-order chi connectivity index (χ0) is 14.1. The summed E-state index contributed by atoms with van der Waals surface area (Å²) in [6.45, 7) is 6.90. The first-order valence-corrected chi connectivity index (χ1v) is 7.13. The van der Waals surface area contributed by atoms with E-state index in [4.69, 9.17) is 11.6 Å². The molecule has 0 aliphatic heterocycles. The van der Waals surface area contributed by atoms with Crippen LogP contribution in [0.5, 0.6) is 0 Å². The van der Waals surface area contributed by atoms with E-state index in [0.29, 0.717) is 22.9 Å². The van der Waals surface area contributed by atoms with Crippen LogP contribution in [0.15, 0.2) is 6.33 Å². The number of aromatic nitrogens is 2. The number of hydrogen-bond acceptors (Lipinski definition) is 4. The highest BCUT2D eigenvalue weighted by Gasteiger charge is 2.36. The Morgan fingerprint density at radius 2 is 1.89 bits per heavy atom. The van der Waals surface area contributed by atoms with Crippen molar-refractivity contribution in [3.63, 3.8) is 0 Å². The molecule has 0 aromatic carbocycles. The maximum Gasteiger partial charge on any atom is 0.137 e. The zero-order valence-electron chi connectivity index (χ0n) is 11.8. The summed E-state index contributed by atoms with van der Waals surface area (Å²) in [6.07, 6.45) is 5.19. The SMILES string of the molecule is Cc1c(Cl)ncnc1NCC1(O)CCC(C)(C)CC1. The van der Waals surface area contributed by atoms with Gasteiger partial charge in [-0.15, -0.1) is 0 Å². The van der Waals surface area contributed by atoms with Crippen molar-refractivity contribution in [2.24, 2.45) is 5.41 Å². The van der Waals surface area contributed by atoms with Crippen LogP contribution in [0.25, 0.3) is 0 Å². The van der Waals surface area contributed by atoms with Crippen molar-refractivity contribution in [2.75, 3.05) is 11.9 Å². The highest BCUT2D eigenvalue weighted by Crippen LogP contribution is 2.40. The minimum absolute atomic E-state index is 0.348. The lowest BCUT2D eigenvalue weighted by Crippen LogP contribution is -2.42. The lowest BCUT2D eigenvalue weighted by molar-refractivity contribution is -0.0146. The molecule has 1 aromatic heterocycles. The first kappa shape index (κ1) is 14.5. The Morgan fingerprint density at radius 3 is 2.53 bits per heavy atom. The molecule has 5 heteroatoms. The summed E-state index contributed by atoms with van der Waals surface area (Å²) in [7, 11) is 0. The van der Waals surface area contributed by atoms with Crippen molar-refractivity contribution in [3.8, 4) is 0 Å². The summed E-state index contributed by atoms with van der Waals surface area (Å²) in [5, 5.41) is 14.2. The molecule has 0 saturated heterocycles. The van der Waals surface area contributed by atoms with Crippen LogP contribution in [-0.2, 0) is 0 Å². The van der Waals surface area contributed by atoms with Gasteiger partial charge in [-0.1, -0.05) is 25.4 Å². The fourth-order valence-corrected chi connectivity index (χ4v) is 2.56. The number of halogens is 1. The second kappa shape index (κ2) is 5.25. The quantitative estimate of drug-likeness (QED) is 0.837. The van der Waals surface area contributed by atoms with Gasteiger partial charge in [-0.05, 0) is 38.0 Å². The molecule has 1 saturated carbocycles. The van der Waals surface area contributed by atoms with Crippen molar-refractivity contribution >= 4 is 17.4 Å². The fraction of sp³-hybridized carbons (Fsp3) is 0.714. The van der Waals surface area contributed by atoms with Crippen LogP contribution in [0.4, 0.5) is 5.82 Å². The van der Waals surface area contributed by atoms with E-state index in [1.807, 2.05) is 6.92 Å². The number of rotatable bonds is 3. The molecule has 0 unspecified atom stereocenters. The minimum Gasteiger partial charge on any atom is -0.388 e. The van der Waals surface area contributed by atoms with E-state index in [2.05, 4.69) is 29.1 Å². The van der Waals surface area contributed by atoms with Crippen molar-refractivity contribution in [2.45, 2.75) is 52.1 Å². The van der Waals surface area contributed by atoms with Crippen molar-refractivity contribution < 1.29 is 5.11 Å². The van der Waals surface area contributed by atoms with Gasteiger partial charge in [0.15, 0.2) is 0 Å². The van der Waals surface area contributed by atoms with Gasteiger partial charge in [0.2, 0.25) is 0 Å². The molecule has 0 spiro atoms. The normalized spacial score (nSPS) is 21.1. The van der Waals surface area contributed by atoms with Crippen molar-refractivity contribution in [1.29, 1.82) is 0 Å². The van der Waals surface area contributed by atoms with Crippen LogP contribution in [0.3, 0.4) is 0 Å². The molecule has 4 nitrogen and oxygen atoms in total. The molecular weight excluding hydrogens is 262 g/mol. The van der Waals surface area contributed by atoms with Crippen LogP contribution in [0.2, 0.25) is 5.15 Å². The van der Waals surface area contributed by atoms with E-state index in [-0.39, 0.29) is 0 Å². The number of nitrogens with zero attached hydrogens (tertiary/aromatic N) is 2. The number of aliphatic hydroxyl groups is 1. The Hall–Kier alpha value is -0.870. The lowest BCUT2D eigenvalue weighted by atomic mass is 9.71. The van der Waals surface area contributed by atoms with Gasteiger partial charge in [0.05, 0.1) is 5.60 Å². The van der Waals surface area contributed by atoms with Crippen LogP contribution in [0.1, 0.15) is 45.1 Å². The molecule has 19 heavy (non-hydrogen) atoms. The van der Waals surface area contributed by atoms with Gasteiger partial charge in [0.25, 0.3) is 0 Å². The van der Waals surface area contributed by atoms with E-state index >= 15 is 0 Å². The average Bonchev–Trinajstić information content (AvgIpc) is 2.36. The number of nitrogens with one attached hydrogen (secondary N) is 1. The first-order valence-electron chi connectivity index (χ1n) is 6.75. The second-order valence-corrected chi connectivity index (χ2v) is 6.74. The summed E-state index contributed by atoms with van der Waals surface area (Å²) in [6, 6.07) is 0. The zero-order valence-corrected chi connectivity index (χ0v) is 12.6. The fourth-order valence-electron chi connectivity index (χ4n) is 2.42. The second-order valence-electron chi connectivity index (χ2n) is 6.38. The lowest BCUT2D eigenvalue weighted by Gasteiger charge is -2.40. The molecule has 106 valence electrons. The van der Waals surface area contributed by atoms with Gasteiger partial charge in [-0.2, -0.15) is 0 Å². The van der Waals surface area contributed by atoms with E-state index in [9.17, 15) is 5.11 Å². The van der Waals surface area contributed by atoms with Gasteiger partial charge >= 0.3 is 0 Å². The molecule has 2 rings (SSSR count). The van der Waals surface area contributed by atoms with E-state index in [1.54, 1.807) is 0 Å². The molecular formula is C14H22ClN3O. The molecule has 1 aromatic rings. The average molecular weight is 284 g/mol. The molecule has 0 atom stereocenters. The predicted octanol–water partition coefficient (Wildman–Crippen LogP) is 3.18. The smallest absolute Gasteiger partial charge is 0.137 e. The molecule has 1 heterocycles. The highest BCUT2D eigenvalue weighted by atomic mass is 35.5. The van der Waals surface area contributed by atoms with Gasteiger partial charge < -0.3 is 10.4 Å². The van der Waals surface area contributed by atoms with Gasteiger partial charge in [0.1, 0.15) is 17.3 Å². The molecule has 0 bridgehead atoms. The molecule has 2 N–H and O–H groups in total. The maximum atomic E-state index is 10.6. The third kappa shape index (κ3) is 3.57. The topological polar surface area (TPSA) is 58.0 Å². The molecule has 1 aliphatic rings. The van der Waals surface area contributed by atoms with Crippen LogP contribution < -0.4 is 5.32 Å². The van der Waals surface area contributed by atoms with Crippen LogP contribution >= 0.6 is 11.6 Å². The first-order chi connectivity index (χ1) is 8.81. The summed E-state index contributed by atoms with van der Waals surface area (Å²) in [5.41, 5.74) is 0.531. The summed E-state index contributed by atoms with van der Waals surface area (Å²) >= 11 is 5.95. The Bertz CT molecular complexity index is 452. The van der Waals surface area contributed by atoms with Gasteiger partial charge in [0, 0.05) is 12.1 Å². The molecule has 1 aliphatic carbocycles. The summed E-state index contributed by atoms with van der Waals surface area (Å²) < 4.78 is 0. The van der Waals surface area contributed by atoms with E-state index < -0.39 is 5.60 Å². The Labute approximate surface area is 119 Å². The Morgan fingerprint density at radius 1 is 1.26 bits per heavy atom. The Kier molecular flexibility index (Phi) is 4.02. The van der Waals surface area contributed by atoms with E-state index in [1.165, 1.54) is 6.33 Å². The van der Waals surface area contributed by atoms with Crippen molar-refractivity contribution in [1.82, 2.24) is 9.97 Å². The maximum absolute atomic E-state index is 10.6. The summed E-state index contributed by atoms with van der Waals surface area (Å²) in [5.74, 6) is 0.707. The van der Waals surface area contributed by atoms with Gasteiger partial charge in [-0.25, -0.2) is 9.97 Å². The van der Waals surface area contributed by atoms with Crippen LogP contribution in [-0.4, -0.2) is 27.2 Å². The third-order valence-electron chi connectivity index (χ3n) is 4.14. The number of anilines is 1. The molecule has 0 amide bonds. The largest absolute Gasteiger partial charge is 0.388 e. The monoisotopic (exact) mass is 283 g/mol. The molecule has 1 fully saturated rings. The standard InChI is InChI=1S/C14H22ClN3O/c1-10-11(15)17-9-18-12(10)16-8-14(19)6-4-13(2,3)5-7-14/h9,19H,4-8H2,1-3H3,(H,16,17,18). The minimum atomic E-state index is -0.639.